The van der Waals surface area contributed by atoms with E-state index in [1.807, 2.05) is 13.8 Å². The van der Waals surface area contributed by atoms with Gasteiger partial charge in [-0.25, -0.2) is 4.98 Å². The molecule has 0 saturated heterocycles. The SMILES string of the molecule is CCCCC(CC)n1c(C(F)(F)F)nc2ccccc21. The summed E-state index contributed by atoms with van der Waals surface area (Å²) in [5, 5.41) is 0. The van der Waals surface area contributed by atoms with Crippen LogP contribution in [0.5, 0.6) is 0 Å². The molecule has 0 saturated carbocycles. The third-order valence-corrected chi connectivity index (χ3v) is 3.58. The largest absolute Gasteiger partial charge is 0.449 e. The summed E-state index contributed by atoms with van der Waals surface area (Å²) in [4.78, 5) is 3.80. The maximum atomic E-state index is 13.2. The molecule has 1 heterocycles. The minimum absolute atomic E-state index is 0.154. The van der Waals surface area contributed by atoms with Crippen molar-refractivity contribution in [3.05, 3.63) is 30.1 Å². The minimum atomic E-state index is -4.42. The smallest absolute Gasteiger partial charge is 0.317 e. The predicted molar refractivity (Wildman–Crippen MR) is 73.6 cm³/mol. The van der Waals surface area contributed by atoms with E-state index in [9.17, 15) is 13.2 Å². The Labute approximate surface area is 116 Å². The van der Waals surface area contributed by atoms with Crippen LogP contribution < -0.4 is 0 Å². The molecule has 5 heteroatoms. The lowest BCUT2D eigenvalue weighted by molar-refractivity contribution is -0.147. The molecule has 0 radical (unpaired) electrons. The summed E-state index contributed by atoms with van der Waals surface area (Å²) in [7, 11) is 0. The molecular weight excluding hydrogens is 265 g/mol. The second-order valence-electron chi connectivity index (χ2n) is 5.00. The number of fused-ring (bicyclic) bond motifs is 1. The first-order chi connectivity index (χ1) is 9.49. The van der Waals surface area contributed by atoms with Gasteiger partial charge in [-0.3, -0.25) is 0 Å². The Morgan fingerprint density at radius 2 is 1.90 bits per heavy atom. The molecular formula is C15H19F3N2. The van der Waals surface area contributed by atoms with Crippen molar-refractivity contribution < 1.29 is 13.2 Å². The van der Waals surface area contributed by atoms with E-state index >= 15 is 0 Å². The van der Waals surface area contributed by atoms with Crippen molar-refractivity contribution >= 4 is 11.0 Å². The maximum Gasteiger partial charge on any atom is 0.449 e. The highest BCUT2D eigenvalue weighted by Crippen LogP contribution is 2.35. The Morgan fingerprint density at radius 3 is 2.50 bits per heavy atom. The van der Waals surface area contributed by atoms with Gasteiger partial charge in [0.25, 0.3) is 0 Å². The highest BCUT2D eigenvalue weighted by atomic mass is 19.4. The summed E-state index contributed by atoms with van der Waals surface area (Å²) in [6.45, 7) is 3.97. The maximum absolute atomic E-state index is 13.2. The number of nitrogens with zero attached hydrogens (tertiary/aromatic N) is 2. The monoisotopic (exact) mass is 284 g/mol. The lowest BCUT2D eigenvalue weighted by Crippen LogP contribution is -2.19. The van der Waals surface area contributed by atoms with Crippen molar-refractivity contribution in [2.45, 2.75) is 51.7 Å². The zero-order valence-corrected chi connectivity index (χ0v) is 11.7. The average Bonchev–Trinajstić information content (AvgIpc) is 2.80. The van der Waals surface area contributed by atoms with E-state index in [0.717, 1.165) is 19.3 Å². The molecule has 0 bridgehead atoms. The van der Waals surface area contributed by atoms with E-state index in [4.69, 9.17) is 0 Å². The molecule has 1 atom stereocenters. The first kappa shape index (κ1) is 14.9. The highest BCUT2D eigenvalue weighted by molar-refractivity contribution is 5.76. The summed E-state index contributed by atoms with van der Waals surface area (Å²) in [6, 6.07) is 6.67. The fraction of sp³-hybridized carbons (Fsp3) is 0.533. The quantitative estimate of drug-likeness (QED) is 0.738. The lowest BCUT2D eigenvalue weighted by Gasteiger charge is -2.21. The van der Waals surface area contributed by atoms with E-state index in [1.165, 1.54) is 4.57 Å². The molecule has 2 nitrogen and oxygen atoms in total. The molecule has 2 rings (SSSR count). The molecule has 0 fully saturated rings. The molecule has 2 aromatic rings. The second-order valence-corrected chi connectivity index (χ2v) is 5.00. The molecule has 0 N–H and O–H groups in total. The van der Waals surface area contributed by atoms with E-state index in [2.05, 4.69) is 4.98 Å². The molecule has 1 aromatic heterocycles. The molecule has 1 unspecified atom stereocenters. The van der Waals surface area contributed by atoms with E-state index < -0.39 is 12.0 Å². The van der Waals surface area contributed by atoms with Crippen molar-refractivity contribution in [1.29, 1.82) is 0 Å². The number of halogens is 3. The Hall–Kier alpha value is -1.52. The summed E-state index contributed by atoms with van der Waals surface area (Å²) >= 11 is 0. The van der Waals surface area contributed by atoms with Crippen LogP contribution in [0.1, 0.15) is 51.4 Å². The first-order valence-corrected chi connectivity index (χ1v) is 7.03. The van der Waals surface area contributed by atoms with Crippen LogP contribution in [0.15, 0.2) is 24.3 Å². The number of unbranched alkanes of at least 4 members (excludes halogenated alkanes) is 1. The summed E-state index contributed by atoms with van der Waals surface area (Å²) < 4.78 is 41.0. The van der Waals surface area contributed by atoms with Crippen molar-refractivity contribution in [2.75, 3.05) is 0 Å². The van der Waals surface area contributed by atoms with E-state index in [1.54, 1.807) is 24.3 Å². The van der Waals surface area contributed by atoms with Crippen LogP contribution in [0.4, 0.5) is 13.2 Å². The van der Waals surface area contributed by atoms with Crippen LogP contribution in [-0.2, 0) is 6.18 Å². The van der Waals surface area contributed by atoms with Crippen LogP contribution >= 0.6 is 0 Å². The standard InChI is InChI=1S/C15H19F3N2/c1-3-5-8-11(4-2)20-13-10-7-6-9-12(13)19-14(20)15(16,17)18/h6-7,9-11H,3-5,8H2,1-2H3. The normalized spacial score (nSPS) is 13.8. The number of para-hydroxylation sites is 2. The molecule has 0 aliphatic rings. The zero-order chi connectivity index (χ0) is 14.8. The van der Waals surface area contributed by atoms with Gasteiger partial charge in [0.1, 0.15) is 0 Å². The van der Waals surface area contributed by atoms with Gasteiger partial charge in [-0.05, 0) is 25.0 Å². The third kappa shape index (κ3) is 2.81. The van der Waals surface area contributed by atoms with Gasteiger partial charge in [-0.15, -0.1) is 0 Å². The van der Waals surface area contributed by atoms with Gasteiger partial charge in [-0.2, -0.15) is 13.2 Å². The van der Waals surface area contributed by atoms with Crippen molar-refractivity contribution in [2.24, 2.45) is 0 Å². The number of rotatable bonds is 5. The molecule has 1 aromatic carbocycles. The summed E-state index contributed by atoms with van der Waals surface area (Å²) in [5.41, 5.74) is 0.984. The number of alkyl halides is 3. The molecule has 20 heavy (non-hydrogen) atoms. The fourth-order valence-electron chi connectivity index (χ4n) is 2.57. The Morgan fingerprint density at radius 1 is 1.20 bits per heavy atom. The van der Waals surface area contributed by atoms with Crippen molar-refractivity contribution in [3.8, 4) is 0 Å². The Kier molecular flexibility index (Phi) is 4.35. The molecule has 0 aliphatic carbocycles. The van der Waals surface area contributed by atoms with Crippen LogP contribution in [0.2, 0.25) is 0 Å². The number of imidazole rings is 1. The first-order valence-electron chi connectivity index (χ1n) is 7.03. The van der Waals surface area contributed by atoms with Gasteiger partial charge < -0.3 is 4.57 Å². The number of benzene rings is 1. The lowest BCUT2D eigenvalue weighted by atomic mass is 10.1. The predicted octanol–water partition coefficient (Wildman–Crippen LogP) is 5.20. The topological polar surface area (TPSA) is 17.8 Å². The third-order valence-electron chi connectivity index (χ3n) is 3.58. The summed E-state index contributed by atoms with van der Waals surface area (Å²) in [6.07, 6.45) is -1.11. The number of hydrogen-bond donors (Lipinski definition) is 0. The fourth-order valence-corrected chi connectivity index (χ4v) is 2.57. The Bertz CT molecular complexity index is 572. The van der Waals surface area contributed by atoms with Gasteiger partial charge in [0.15, 0.2) is 0 Å². The molecule has 0 spiro atoms. The van der Waals surface area contributed by atoms with Gasteiger partial charge in [0.2, 0.25) is 5.82 Å². The highest BCUT2D eigenvalue weighted by Gasteiger charge is 2.38. The minimum Gasteiger partial charge on any atom is -0.317 e. The molecule has 0 aliphatic heterocycles. The van der Waals surface area contributed by atoms with Crippen LogP contribution in [0, 0.1) is 0 Å². The molecule has 0 amide bonds. The summed E-state index contributed by atoms with van der Waals surface area (Å²) in [5.74, 6) is -0.776. The van der Waals surface area contributed by atoms with Crippen molar-refractivity contribution in [1.82, 2.24) is 9.55 Å². The van der Waals surface area contributed by atoms with Gasteiger partial charge >= 0.3 is 6.18 Å². The number of hydrogen-bond acceptors (Lipinski definition) is 1. The van der Waals surface area contributed by atoms with Crippen LogP contribution in [-0.4, -0.2) is 9.55 Å². The zero-order valence-electron chi connectivity index (χ0n) is 11.7. The average molecular weight is 284 g/mol. The van der Waals surface area contributed by atoms with Gasteiger partial charge in [-0.1, -0.05) is 38.8 Å². The second kappa shape index (κ2) is 5.85. The number of aromatic nitrogens is 2. The van der Waals surface area contributed by atoms with Crippen LogP contribution in [0.3, 0.4) is 0 Å². The van der Waals surface area contributed by atoms with E-state index in [-0.39, 0.29) is 6.04 Å². The van der Waals surface area contributed by atoms with Crippen molar-refractivity contribution in [3.63, 3.8) is 0 Å². The van der Waals surface area contributed by atoms with Crippen LogP contribution in [0.25, 0.3) is 11.0 Å². The van der Waals surface area contributed by atoms with Gasteiger partial charge in [0, 0.05) is 6.04 Å². The van der Waals surface area contributed by atoms with E-state index in [0.29, 0.717) is 17.5 Å². The molecule has 110 valence electrons. The van der Waals surface area contributed by atoms with Gasteiger partial charge in [0.05, 0.1) is 11.0 Å². The Balaban J connectivity index is 2.58.